The first-order valence-corrected chi connectivity index (χ1v) is 9.23. The number of esters is 1. The SMILES string of the molecule is COC(=O)C(Cn1c(=O)nc(C)c2cc(OC)c(OC)cc21)c1ccc(Cl)cc1. The van der Waals surface area contributed by atoms with Gasteiger partial charge in [0, 0.05) is 23.0 Å². The number of halogens is 1. The van der Waals surface area contributed by atoms with Crippen LogP contribution in [0.25, 0.3) is 10.9 Å². The predicted octanol–water partition coefficient (Wildman–Crippen LogP) is 3.33. The summed E-state index contributed by atoms with van der Waals surface area (Å²) in [7, 11) is 4.37. The van der Waals surface area contributed by atoms with E-state index in [-0.39, 0.29) is 6.54 Å². The molecule has 0 N–H and O–H groups in total. The second-order valence-corrected chi connectivity index (χ2v) is 6.88. The zero-order valence-electron chi connectivity index (χ0n) is 16.6. The van der Waals surface area contributed by atoms with Crippen LogP contribution in [0.2, 0.25) is 5.02 Å². The van der Waals surface area contributed by atoms with Gasteiger partial charge in [-0.3, -0.25) is 9.36 Å². The summed E-state index contributed by atoms with van der Waals surface area (Å²) in [6.07, 6.45) is 0. The lowest BCUT2D eigenvalue weighted by Gasteiger charge is -2.19. The van der Waals surface area contributed by atoms with Crippen LogP contribution in [-0.4, -0.2) is 36.8 Å². The van der Waals surface area contributed by atoms with E-state index in [1.807, 2.05) is 0 Å². The summed E-state index contributed by atoms with van der Waals surface area (Å²) in [5.41, 5.74) is 1.36. The van der Waals surface area contributed by atoms with Gasteiger partial charge in [-0.25, -0.2) is 4.79 Å². The quantitative estimate of drug-likeness (QED) is 0.573. The van der Waals surface area contributed by atoms with Crippen LogP contribution in [0.1, 0.15) is 17.2 Å². The number of rotatable bonds is 6. The topological polar surface area (TPSA) is 79.7 Å². The van der Waals surface area contributed by atoms with Gasteiger partial charge >= 0.3 is 11.7 Å². The molecule has 2 aromatic carbocycles. The third-order valence-corrected chi connectivity index (χ3v) is 5.05. The van der Waals surface area contributed by atoms with Crippen molar-refractivity contribution in [2.24, 2.45) is 0 Å². The highest BCUT2D eigenvalue weighted by atomic mass is 35.5. The van der Waals surface area contributed by atoms with E-state index in [2.05, 4.69) is 4.98 Å². The normalized spacial score (nSPS) is 11.9. The van der Waals surface area contributed by atoms with Crippen molar-refractivity contribution in [2.45, 2.75) is 19.4 Å². The number of ether oxygens (including phenoxy) is 3. The zero-order valence-corrected chi connectivity index (χ0v) is 17.3. The minimum absolute atomic E-state index is 0.0480. The summed E-state index contributed by atoms with van der Waals surface area (Å²) < 4.78 is 17.2. The van der Waals surface area contributed by atoms with E-state index in [0.717, 1.165) is 5.39 Å². The lowest BCUT2D eigenvalue weighted by molar-refractivity contribution is -0.142. The van der Waals surface area contributed by atoms with E-state index >= 15 is 0 Å². The highest BCUT2D eigenvalue weighted by molar-refractivity contribution is 6.30. The zero-order chi connectivity index (χ0) is 21.1. The number of fused-ring (bicyclic) bond motifs is 1. The van der Waals surface area contributed by atoms with E-state index in [1.54, 1.807) is 43.3 Å². The molecule has 0 saturated heterocycles. The molecule has 7 nitrogen and oxygen atoms in total. The smallest absolute Gasteiger partial charge is 0.348 e. The number of hydrogen-bond acceptors (Lipinski definition) is 6. The van der Waals surface area contributed by atoms with Gasteiger partial charge in [0.25, 0.3) is 0 Å². The summed E-state index contributed by atoms with van der Waals surface area (Å²) in [6, 6.07) is 10.3. The van der Waals surface area contributed by atoms with Gasteiger partial charge in [-0.15, -0.1) is 0 Å². The number of aromatic nitrogens is 2. The summed E-state index contributed by atoms with van der Waals surface area (Å²) in [5, 5.41) is 1.27. The fourth-order valence-electron chi connectivity index (χ4n) is 3.26. The number of aryl methyl sites for hydroxylation is 1. The van der Waals surface area contributed by atoms with Crippen molar-refractivity contribution < 1.29 is 19.0 Å². The molecule has 0 spiro atoms. The third kappa shape index (κ3) is 4.05. The number of nitrogens with zero attached hydrogens (tertiary/aromatic N) is 2. The number of hydrogen-bond donors (Lipinski definition) is 0. The second-order valence-electron chi connectivity index (χ2n) is 6.44. The summed E-state index contributed by atoms with van der Waals surface area (Å²) >= 11 is 5.97. The lowest BCUT2D eigenvalue weighted by atomic mass is 9.99. The molecule has 0 bridgehead atoms. The largest absolute Gasteiger partial charge is 0.493 e. The fraction of sp³-hybridized carbons (Fsp3) is 0.286. The average molecular weight is 417 g/mol. The molecule has 3 aromatic rings. The Kier molecular flexibility index (Phi) is 6.08. The van der Waals surface area contributed by atoms with E-state index in [0.29, 0.717) is 33.3 Å². The van der Waals surface area contributed by atoms with Gasteiger partial charge in [-0.2, -0.15) is 4.98 Å². The predicted molar refractivity (Wildman–Crippen MR) is 110 cm³/mol. The van der Waals surface area contributed by atoms with Crippen LogP contribution >= 0.6 is 11.6 Å². The molecule has 3 rings (SSSR count). The van der Waals surface area contributed by atoms with Crippen molar-refractivity contribution >= 4 is 28.5 Å². The van der Waals surface area contributed by atoms with E-state index in [1.165, 1.54) is 25.9 Å². The molecule has 152 valence electrons. The van der Waals surface area contributed by atoms with Crippen LogP contribution in [0.3, 0.4) is 0 Å². The van der Waals surface area contributed by atoms with Crippen LogP contribution < -0.4 is 15.2 Å². The Balaban J connectivity index is 2.20. The Morgan fingerprint density at radius 2 is 1.72 bits per heavy atom. The maximum absolute atomic E-state index is 12.7. The highest BCUT2D eigenvalue weighted by Crippen LogP contribution is 2.33. The second kappa shape index (κ2) is 8.53. The first-order chi connectivity index (χ1) is 13.9. The molecular formula is C21H21ClN2O5. The molecule has 0 aliphatic rings. The number of methoxy groups -OCH3 is 3. The highest BCUT2D eigenvalue weighted by Gasteiger charge is 2.24. The first-order valence-electron chi connectivity index (χ1n) is 8.86. The Morgan fingerprint density at radius 3 is 2.31 bits per heavy atom. The van der Waals surface area contributed by atoms with Gasteiger partial charge < -0.3 is 14.2 Å². The number of benzene rings is 2. The Hall–Kier alpha value is -3.06. The van der Waals surface area contributed by atoms with E-state index < -0.39 is 17.6 Å². The molecule has 0 saturated carbocycles. The van der Waals surface area contributed by atoms with Crippen molar-refractivity contribution in [3.05, 3.63) is 63.2 Å². The average Bonchev–Trinajstić information content (AvgIpc) is 2.73. The fourth-order valence-corrected chi connectivity index (χ4v) is 3.39. The maximum Gasteiger partial charge on any atom is 0.348 e. The van der Waals surface area contributed by atoms with E-state index in [4.69, 9.17) is 25.8 Å². The summed E-state index contributed by atoms with van der Waals surface area (Å²) in [5.74, 6) is -0.179. The third-order valence-electron chi connectivity index (χ3n) is 4.80. The van der Waals surface area contributed by atoms with Crippen molar-refractivity contribution in [3.63, 3.8) is 0 Å². The van der Waals surface area contributed by atoms with Crippen LogP contribution in [0, 0.1) is 6.92 Å². The lowest BCUT2D eigenvalue weighted by Crippen LogP contribution is -2.30. The van der Waals surface area contributed by atoms with Gasteiger partial charge in [0.2, 0.25) is 0 Å². The standard InChI is InChI=1S/C21H21ClN2O5/c1-12-15-9-18(27-2)19(28-3)10-17(15)24(21(26)23-12)11-16(20(25)29-4)13-5-7-14(22)8-6-13/h5-10,16H,11H2,1-4H3. The Morgan fingerprint density at radius 1 is 1.10 bits per heavy atom. The molecule has 8 heteroatoms. The van der Waals surface area contributed by atoms with Crippen molar-refractivity contribution in [2.75, 3.05) is 21.3 Å². The molecule has 0 fully saturated rings. The molecule has 0 radical (unpaired) electrons. The van der Waals surface area contributed by atoms with E-state index in [9.17, 15) is 9.59 Å². The molecule has 1 atom stereocenters. The van der Waals surface area contributed by atoms with Crippen LogP contribution in [0.15, 0.2) is 41.2 Å². The molecule has 29 heavy (non-hydrogen) atoms. The Labute approximate surface area is 172 Å². The van der Waals surface area contributed by atoms with Crippen molar-refractivity contribution in [3.8, 4) is 11.5 Å². The molecule has 1 heterocycles. The molecular weight excluding hydrogens is 396 g/mol. The van der Waals surface area contributed by atoms with Crippen LogP contribution in [0.5, 0.6) is 11.5 Å². The van der Waals surface area contributed by atoms with Crippen LogP contribution in [0.4, 0.5) is 0 Å². The van der Waals surface area contributed by atoms with Crippen molar-refractivity contribution in [1.29, 1.82) is 0 Å². The maximum atomic E-state index is 12.7. The minimum Gasteiger partial charge on any atom is -0.493 e. The molecule has 0 amide bonds. The number of carbonyl (C=O) groups excluding carboxylic acids is 1. The first kappa shape index (κ1) is 20.7. The monoisotopic (exact) mass is 416 g/mol. The summed E-state index contributed by atoms with van der Waals surface area (Å²) in [6.45, 7) is 1.80. The van der Waals surface area contributed by atoms with Gasteiger partial charge in [-0.1, -0.05) is 23.7 Å². The molecule has 1 aromatic heterocycles. The van der Waals surface area contributed by atoms with Crippen LogP contribution in [-0.2, 0) is 16.1 Å². The van der Waals surface area contributed by atoms with Crippen molar-refractivity contribution in [1.82, 2.24) is 9.55 Å². The molecule has 0 aliphatic heterocycles. The number of carbonyl (C=O) groups is 1. The molecule has 0 aliphatic carbocycles. The van der Waals surface area contributed by atoms with Gasteiger partial charge in [0.1, 0.15) is 0 Å². The summed E-state index contributed by atoms with van der Waals surface area (Å²) in [4.78, 5) is 29.4. The van der Waals surface area contributed by atoms with Gasteiger partial charge in [-0.05, 0) is 30.7 Å². The van der Waals surface area contributed by atoms with Gasteiger partial charge in [0.15, 0.2) is 11.5 Å². The minimum atomic E-state index is -0.712. The molecule has 1 unspecified atom stereocenters. The van der Waals surface area contributed by atoms with Gasteiger partial charge in [0.05, 0.1) is 38.5 Å². The Bertz CT molecular complexity index is 1110.